The van der Waals surface area contributed by atoms with E-state index in [-0.39, 0.29) is 5.41 Å². The van der Waals surface area contributed by atoms with Crippen molar-refractivity contribution >= 4 is 21.6 Å². The van der Waals surface area contributed by atoms with Crippen molar-refractivity contribution < 1.29 is 0 Å². The number of rotatable bonds is 6. The summed E-state index contributed by atoms with van der Waals surface area (Å²) in [5, 5.41) is 3.54. The van der Waals surface area contributed by atoms with Gasteiger partial charge in [0.2, 0.25) is 0 Å². The average molecular weight is 355 g/mol. The molecule has 21 heavy (non-hydrogen) atoms. The lowest BCUT2D eigenvalue weighted by Gasteiger charge is -2.37. The van der Waals surface area contributed by atoms with E-state index < -0.39 is 0 Å². The van der Waals surface area contributed by atoms with E-state index in [4.69, 9.17) is 0 Å². The van der Waals surface area contributed by atoms with Gasteiger partial charge in [0.05, 0.1) is 0 Å². The molecule has 2 nitrogen and oxygen atoms in total. The highest BCUT2D eigenvalue weighted by Gasteiger charge is 2.24. The topological polar surface area (TPSA) is 15.3 Å². The van der Waals surface area contributed by atoms with Gasteiger partial charge in [-0.25, -0.2) is 0 Å². The Hall–Kier alpha value is -0.540. The van der Waals surface area contributed by atoms with Gasteiger partial charge in [-0.2, -0.15) is 0 Å². The second kappa shape index (κ2) is 7.64. The van der Waals surface area contributed by atoms with Gasteiger partial charge in [-0.3, -0.25) is 0 Å². The van der Waals surface area contributed by atoms with Crippen molar-refractivity contribution in [3.8, 4) is 0 Å². The molecular formula is C18H31BrN2. The third-order valence-corrected chi connectivity index (χ3v) is 5.08. The normalized spacial score (nSPS) is 14.9. The van der Waals surface area contributed by atoms with Crippen molar-refractivity contribution in [1.29, 1.82) is 0 Å². The smallest absolute Gasteiger partial charge is 0.0377 e. The maximum Gasteiger partial charge on any atom is 0.0377 e. The quantitative estimate of drug-likeness (QED) is 0.737. The Morgan fingerprint density at radius 3 is 2.33 bits per heavy atom. The van der Waals surface area contributed by atoms with E-state index in [1.165, 1.54) is 15.7 Å². The molecule has 3 heteroatoms. The Morgan fingerprint density at radius 1 is 1.24 bits per heavy atom. The lowest BCUT2D eigenvalue weighted by Crippen LogP contribution is -2.39. The van der Waals surface area contributed by atoms with Gasteiger partial charge >= 0.3 is 0 Å². The van der Waals surface area contributed by atoms with E-state index in [2.05, 4.69) is 92.9 Å². The monoisotopic (exact) mass is 354 g/mol. The number of anilines is 1. The zero-order chi connectivity index (χ0) is 16.2. The summed E-state index contributed by atoms with van der Waals surface area (Å²) in [6.45, 7) is 14.6. The van der Waals surface area contributed by atoms with Crippen molar-refractivity contribution in [2.45, 2.75) is 60.0 Å². The number of nitrogens with one attached hydrogen (secondary N) is 1. The second-order valence-corrected chi connectivity index (χ2v) is 7.89. The molecule has 0 fully saturated rings. The second-order valence-electron chi connectivity index (χ2n) is 7.03. The predicted octanol–water partition coefficient (Wildman–Crippen LogP) is 5.38. The Balaban J connectivity index is 2.92. The molecule has 1 aromatic carbocycles. The van der Waals surface area contributed by atoms with Crippen LogP contribution in [0.3, 0.4) is 0 Å². The fourth-order valence-electron chi connectivity index (χ4n) is 2.36. The first kappa shape index (κ1) is 18.5. The number of nitrogens with zero attached hydrogens (tertiary/aromatic N) is 1. The van der Waals surface area contributed by atoms with Crippen LogP contribution in [-0.4, -0.2) is 19.6 Å². The summed E-state index contributed by atoms with van der Waals surface area (Å²) in [6.07, 6.45) is 1.16. The maximum absolute atomic E-state index is 3.74. The van der Waals surface area contributed by atoms with Crippen LogP contribution in [0.5, 0.6) is 0 Å². The number of halogens is 1. The van der Waals surface area contributed by atoms with Crippen LogP contribution >= 0.6 is 15.9 Å². The summed E-state index contributed by atoms with van der Waals surface area (Å²) in [4.78, 5) is 2.36. The Morgan fingerprint density at radius 2 is 1.86 bits per heavy atom. The van der Waals surface area contributed by atoms with Gasteiger partial charge in [0.1, 0.15) is 0 Å². The van der Waals surface area contributed by atoms with E-state index in [0.29, 0.717) is 12.1 Å². The van der Waals surface area contributed by atoms with Crippen LogP contribution in [0.2, 0.25) is 0 Å². The van der Waals surface area contributed by atoms with Crippen LogP contribution in [0.4, 0.5) is 5.69 Å². The van der Waals surface area contributed by atoms with Gasteiger partial charge in [-0.05, 0) is 49.9 Å². The molecule has 0 radical (unpaired) electrons. The lowest BCUT2D eigenvalue weighted by atomic mass is 9.87. The van der Waals surface area contributed by atoms with Crippen molar-refractivity contribution in [1.82, 2.24) is 5.32 Å². The summed E-state index contributed by atoms with van der Waals surface area (Å²) in [5.41, 5.74) is 2.84. The summed E-state index contributed by atoms with van der Waals surface area (Å²) in [5.74, 6) is 0. The number of benzene rings is 1. The summed E-state index contributed by atoms with van der Waals surface area (Å²) in [6, 6.07) is 7.55. The molecular weight excluding hydrogens is 324 g/mol. The van der Waals surface area contributed by atoms with Crippen LogP contribution < -0.4 is 10.2 Å². The molecule has 0 aliphatic carbocycles. The molecule has 1 N–H and O–H groups in total. The standard InChI is InChI=1S/C18H31BrN2/c1-8-11-20-13(2)16-10-9-15(12-17(16)19)21(7)14(3)18(4,5)6/h9-10,12-14,20H,8,11H2,1-7H3. The van der Waals surface area contributed by atoms with Crippen LogP contribution in [-0.2, 0) is 0 Å². The van der Waals surface area contributed by atoms with E-state index >= 15 is 0 Å². The molecule has 1 aromatic rings. The van der Waals surface area contributed by atoms with E-state index in [9.17, 15) is 0 Å². The van der Waals surface area contributed by atoms with Crippen LogP contribution in [0.15, 0.2) is 22.7 Å². The van der Waals surface area contributed by atoms with Gasteiger partial charge in [-0.1, -0.05) is 49.7 Å². The Labute approximate surface area is 139 Å². The molecule has 0 bridgehead atoms. The van der Waals surface area contributed by atoms with E-state index in [0.717, 1.165) is 13.0 Å². The zero-order valence-electron chi connectivity index (χ0n) is 14.6. The van der Waals surface area contributed by atoms with Crippen molar-refractivity contribution in [2.75, 3.05) is 18.5 Å². The molecule has 2 atom stereocenters. The molecule has 0 aliphatic heterocycles. The highest BCUT2D eigenvalue weighted by Crippen LogP contribution is 2.32. The van der Waals surface area contributed by atoms with Crippen molar-refractivity contribution in [3.63, 3.8) is 0 Å². The van der Waals surface area contributed by atoms with Gasteiger partial charge in [-0.15, -0.1) is 0 Å². The zero-order valence-corrected chi connectivity index (χ0v) is 16.2. The molecule has 0 aliphatic rings. The highest BCUT2D eigenvalue weighted by molar-refractivity contribution is 9.10. The predicted molar refractivity (Wildman–Crippen MR) is 98.2 cm³/mol. The average Bonchev–Trinajstić information content (AvgIpc) is 2.41. The lowest BCUT2D eigenvalue weighted by molar-refractivity contribution is 0.329. The molecule has 2 unspecified atom stereocenters. The highest BCUT2D eigenvalue weighted by atomic mass is 79.9. The van der Waals surface area contributed by atoms with Gasteiger partial charge in [0.25, 0.3) is 0 Å². The Kier molecular flexibility index (Phi) is 6.73. The van der Waals surface area contributed by atoms with Gasteiger partial charge in [0, 0.05) is 29.3 Å². The Bertz CT molecular complexity index is 451. The first-order chi connectivity index (χ1) is 9.68. The largest absolute Gasteiger partial charge is 0.371 e. The minimum atomic E-state index is 0.260. The molecule has 1 rings (SSSR count). The van der Waals surface area contributed by atoms with E-state index in [1.54, 1.807) is 0 Å². The molecule has 0 amide bonds. The minimum absolute atomic E-state index is 0.260. The number of hydrogen-bond acceptors (Lipinski definition) is 2. The first-order valence-corrected chi connectivity index (χ1v) is 8.73. The fraction of sp³-hybridized carbons (Fsp3) is 0.667. The molecule has 0 saturated heterocycles. The third-order valence-electron chi connectivity index (χ3n) is 4.39. The minimum Gasteiger partial charge on any atom is -0.371 e. The molecule has 0 heterocycles. The van der Waals surface area contributed by atoms with Gasteiger partial charge < -0.3 is 10.2 Å². The fourth-order valence-corrected chi connectivity index (χ4v) is 3.07. The molecule has 0 spiro atoms. The maximum atomic E-state index is 3.74. The third kappa shape index (κ3) is 5.00. The molecule has 0 aromatic heterocycles. The van der Waals surface area contributed by atoms with Crippen LogP contribution in [0.1, 0.15) is 59.6 Å². The summed E-state index contributed by atoms with van der Waals surface area (Å²) >= 11 is 3.74. The van der Waals surface area contributed by atoms with Crippen molar-refractivity contribution in [2.24, 2.45) is 5.41 Å². The van der Waals surface area contributed by atoms with Crippen molar-refractivity contribution in [3.05, 3.63) is 28.2 Å². The van der Waals surface area contributed by atoms with Gasteiger partial charge in [0.15, 0.2) is 0 Å². The van der Waals surface area contributed by atoms with Crippen LogP contribution in [0, 0.1) is 5.41 Å². The number of hydrogen-bond donors (Lipinski definition) is 1. The molecule has 120 valence electrons. The SMILES string of the molecule is CCCNC(C)c1ccc(N(C)C(C)C(C)(C)C)cc1Br. The molecule has 0 saturated carbocycles. The van der Waals surface area contributed by atoms with Crippen LogP contribution in [0.25, 0.3) is 0 Å². The van der Waals surface area contributed by atoms with E-state index in [1.807, 2.05) is 0 Å². The summed E-state index contributed by atoms with van der Waals surface area (Å²) in [7, 11) is 2.18. The first-order valence-electron chi connectivity index (χ1n) is 7.94. The summed E-state index contributed by atoms with van der Waals surface area (Å²) < 4.78 is 1.18.